The molecule has 1 aliphatic rings. The summed E-state index contributed by atoms with van der Waals surface area (Å²) in [6.45, 7) is 6.83. The minimum Gasteiger partial charge on any atom is -0.443 e. The lowest BCUT2D eigenvalue weighted by atomic mass is 10.1. The number of rotatable bonds is 3. The van der Waals surface area contributed by atoms with E-state index in [1.165, 1.54) is 18.7 Å². The molecule has 0 bridgehead atoms. The molecule has 0 aliphatic carbocycles. The summed E-state index contributed by atoms with van der Waals surface area (Å²) in [6.07, 6.45) is 3.70. The first kappa shape index (κ1) is 17.5. The molecule has 128 valence electrons. The van der Waals surface area contributed by atoms with Crippen LogP contribution in [-0.4, -0.2) is 38.2 Å². The van der Waals surface area contributed by atoms with Crippen LogP contribution in [0, 0.1) is 0 Å². The number of hydrogen-bond donors (Lipinski definition) is 1. The van der Waals surface area contributed by atoms with E-state index < -0.39 is 21.7 Å². The molecule has 1 fully saturated rings. The van der Waals surface area contributed by atoms with Gasteiger partial charge >= 0.3 is 6.09 Å². The molecule has 1 aliphatic heterocycles. The molecular weight excluding hydrogens is 318 g/mol. The topological polar surface area (TPSA) is 88.6 Å². The summed E-state index contributed by atoms with van der Waals surface area (Å²) in [6, 6.07) is 3.11. The Balaban J connectivity index is 2.06. The third-order valence-corrected chi connectivity index (χ3v) is 4.63. The second kappa shape index (κ2) is 6.74. The lowest BCUT2D eigenvalue weighted by molar-refractivity contribution is 0.0570. The number of nitrogens with zero attached hydrogens (tertiary/aromatic N) is 2. The molecule has 0 radical (unpaired) electrons. The van der Waals surface area contributed by atoms with Crippen molar-refractivity contribution in [3.63, 3.8) is 0 Å². The number of anilines is 1. The molecule has 1 aromatic rings. The van der Waals surface area contributed by atoms with Gasteiger partial charge in [0.2, 0.25) is 0 Å². The summed E-state index contributed by atoms with van der Waals surface area (Å²) in [5, 5.41) is 0. The molecule has 0 unspecified atom stereocenters. The molecule has 23 heavy (non-hydrogen) atoms. The van der Waals surface area contributed by atoms with Gasteiger partial charge in [-0.1, -0.05) is 0 Å². The highest BCUT2D eigenvalue weighted by atomic mass is 32.2. The average Bonchev–Trinajstić information content (AvgIpc) is 2.45. The largest absolute Gasteiger partial charge is 0.443 e. The van der Waals surface area contributed by atoms with Crippen molar-refractivity contribution >= 4 is 21.9 Å². The molecule has 0 saturated carbocycles. The van der Waals surface area contributed by atoms with E-state index in [0.29, 0.717) is 0 Å². The Morgan fingerprint density at radius 1 is 1.22 bits per heavy atom. The maximum atomic E-state index is 12.2. The van der Waals surface area contributed by atoms with Gasteiger partial charge in [0.1, 0.15) is 16.3 Å². The van der Waals surface area contributed by atoms with Crippen LogP contribution in [0.4, 0.5) is 10.6 Å². The Kier molecular flexibility index (Phi) is 5.13. The van der Waals surface area contributed by atoms with Crippen molar-refractivity contribution < 1.29 is 17.9 Å². The number of carbonyl (C=O) groups excluding carboxylic acids is 1. The van der Waals surface area contributed by atoms with Gasteiger partial charge in [0, 0.05) is 19.3 Å². The van der Waals surface area contributed by atoms with Gasteiger partial charge in [-0.25, -0.2) is 22.9 Å². The monoisotopic (exact) mass is 341 g/mol. The molecule has 1 amide bonds. The molecule has 2 heterocycles. The van der Waals surface area contributed by atoms with Crippen molar-refractivity contribution in [3.8, 4) is 0 Å². The number of carbonyl (C=O) groups is 1. The lowest BCUT2D eigenvalue weighted by Gasteiger charge is -2.27. The van der Waals surface area contributed by atoms with E-state index in [-0.39, 0.29) is 4.90 Å². The van der Waals surface area contributed by atoms with E-state index in [4.69, 9.17) is 4.74 Å². The SMILES string of the molecule is CC(C)(C)OC(=O)NS(=O)(=O)c1ccc(N2CCCCC2)nc1. The van der Waals surface area contributed by atoms with Gasteiger partial charge in [0.25, 0.3) is 10.0 Å². The summed E-state index contributed by atoms with van der Waals surface area (Å²) in [5.41, 5.74) is -0.768. The fraction of sp³-hybridized carbons (Fsp3) is 0.600. The van der Waals surface area contributed by atoms with E-state index in [1.807, 2.05) is 4.72 Å². The number of pyridine rings is 1. The quantitative estimate of drug-likeness (QED) is 0.907. The number of ether oxygens (including phenoxy) is 1. The highest BCUT2D eigenvalue weighted by Crippen LogP contribution is 2.19. The van der Waals surface area contributed by atoms with Crippen LogP contribution in [0.25, 0.3) is 0 Å². The second-order valence-electron chi connectivity index (χ2n) is 6.51. The molecule has 8 heteroatoms. The van der Waals surface area contributed by atoms with E-state index in [9.17, 15) is 13.2 Å². The molecule has 0 atom stereocenters. The van der Waals surface area contributed by atoms with Crippen molar-refractivity contribution in [3.05, 3.63) is 18.3 Å². The molecule has 2 rings (SSSR count). The van der Waals surface area contributed by atoms with E-state index in [1.54, 1.807) is 26.8 Å². The molecule has 1 N–H and O–H groups in total. The zero-order valence-corrected chi connectivity index (χ0v) is 14.5. The normalized spacial score (nSPS) is 16.0. The van der Waals surface area contributed by atoms with Gasteiger partial charge in [-0.05, 0) is 52.2 Å². The summed E-state index contributed by atoms with van der Waals surface area (Å²) in [7, 11) is -3.98. The zero-order chi connectivity index (χ0) is 17.1. The van der Waals surface area contributed by atoms with Crippen molar-refractivity contribution in [1.29, 1.82) is 0 Å². The Hall–Kier alpha value is -1.83. The maximum Gasteiger partial charge on any atom is 0.421 e. The van der Waals surface area contributed by atoms with Gasteiger partial charge in [0.15, 0.2) is 0 Å². The van der Waals surface area contributed by atoms with Crippen LogP contribution in [0.15, 0.2) is 23.2 Å². The van der Waals surface area contributed by atoms with Crippen molar-refractivity contribution in [1.82, 2.24) is 9.71 Å². The van der Waals surface area contributed by atoms with E-state index >= 15 is 0 Å². The summed E-state index contributed by atoms with van der Waals surface area (Å²) in [5.74, 6) is 0.751. The summed E-state index contributed by atoms with van der Waals surface area (Å²) >= 11 is 0. The van der Waals surface area contributed by atoms with Crippen LogP contribution in [0.3, 0.4) is 0 Å². The van der Waals surface area contributed by atoms with Crippen molar-refractivity contribution in [2.24, 2.45) is 0 Å². The van der Waals surface area contributed by atoms with E-state index in [2.05, 4.69) is 9.88 Å². The Morgan fingerprint density at radius 2 is 1.87 bits per heavy atom. The van der Waals surface area contributed by atoms with Gasteiger partial charge in [-0.3, -0.25) is 0 Å². The number of aromatic nitrogens is 1. The molecule has 7 nitrogen and oxygen atoms in total. The van der Waals surface area contributed by atoms with Crippen LogP contribution in [0.1, 0.15) is 40.0 Å². The van der Waals surface area contributed by atoms with E-state index in [0.717, 1.165) is 31.7 Å². The Labute approximate surface area is 137 Å². The Morgan fingerprint density at radius 3 is 2.39 bits per heavy atom. The van der Waals surface area contributed by atoms with Crippen LogP contribution < -0.4 is 9.62 Å². The second-order valence-corrected chi connectivity index (χ2v) is 8.19. The third-order valence-electron chi connectivity index (χ3n) is 3.33. The fourth-order valence-corrected chi connectivity index (χ4v) is 3.13. The van der Waals surface area contributed by atoms with Gasteiger partial charge in [0.05, 0.1) is 0 Å². The fourth-order valence-electron chi connectivity index (χ4n) is 2.31. The lowest BCUT2D eigenvalue weighted by Crippen LogP contribution is -2.36. The van der Waals surface area contributed by atoms with Gasteiger partial charge < -0.3 is 9.64 Å². The molecule has 0 aromatic carbocycles. The molecule has 1 saturated heterocycles. The first-order chi connectivity index (χ1) is 10.7. The third kappa shape index (κ3) is 5.09. The van der Waals surface area contributed by atoms with Crippen LogP contribution in [0.2, 0.25) is 0 Å². The number of piperidine rings is 1. The van der Waals surface area contributed by atoms with Gasteiger partial charge in [-0.15, -0.1) is 0 Å². The Bertz CT molecular complexity index is 644. The number of amides is 1. The highest BCUT2D eigenvalue weighted by Gasteiger charge is 2.23. The molecular formula is C15H23N3O4S. The minimum atomic E-state index is -3.98. The first-order valence-electron chi connectivity index (χ1n) is 7.64. The predicted octanol–water partition coefficient (Wildman–Crippen LogP) is 2.29. The first-order valence-corrected chi connectivity index (χ1v) is 9.12. The highest BCUT2D eigenvalue weighted by molar-refractivity contribution is 7.90. The average molecular weight is 341 g/mol. The zero-order valence-electron chi connectivity index (χ0n) is 13.7. The number of hydrogen-bond acceptors (Lipinski definition) is 6. The smallest absolute Gasteiger partial charge is 0.421 e. The van der Waals surface area contributed by atoms with Crippen LogP contribution in [0.5, 0.6) is 0 Å². The van der Waals surface area contributed by atoms with Crippen LogP contribution in [-0.2, 0) is 14.8 Å². The van der Waals surface area contributed by atoms with Crippen molar-refractivity contribution in [2.45, 2.75) is 50.5 Å². The summed E-state index contributed by atoms with van der Waals surface area (Å²) in [4.78, 5) is 17.9. The van der Waals surface area contributed by atoms with Crippen molar-refractivity contribution in [2.75, 3.05) is 18.0 Å². The molecule has 0 spiro atoms. The molecule has 1 aromatic heterocycles. The minimum absolute atomic E-state index is 0.0656. The summed E-state index contributed by atoms with van der Waals surface area (Å²) < 4.78 is 31.1. The number of nitrogens with one attached hydrogen (secondary N) is 1. The predicted molar refractivity (Wildman–Crippen MR) is 86.9 cm³/mol. The maximum absolute atomic E-state index is 12.2. The number of sulfonamides is 1. The van der Waals surface area contributed by atoms with Gasteiger partial charge in [-0.2, -0.15) is 0 Å². The van der Waals surface area contributed by atoms with Crippen LogP contribution >= 0.6 is 0 Å². The standard InChI is InChI=1S/C15H23N3O4S/c1-15(2,3)22-14(19)17-23(20,21)12-7-8-13(16-11-12)18-9-5-4-6-10-18/h7-8,11H,4-6,9-10H2,1-3H3,(H,17,19).